The lowest BCUT2D eigenvalue weighted by molar-refractivity contribution is 0.134. The molecule has 4 nitrogen and oxygen atoms in total. The van der Waals surface area contributed by atoms with Gasteiger partial charge in [0.25, 0.3) is 0 Å². The maximum Gasteiger partial charge on any atom is 0.407 e. The van der Waals surface area contributed by atoms with Crippen LogP contribution in [0.1, 0.15) is 26.7 Å². The van der Waals surface area contributed by atoms with E-state index in [1.54, 1.807) is 0 Å². The van der Waals surface area contributed by atoms with Gasteiger partial charge in [-0.1, -0.05) is 0 Å². The van der Waals surface area contributed by atoms with Crippen LogP contribution in [0.3, 0.4) is 0 Å². The molecular formula is C10H20N2O2. The maximum atomic E-state index is 11.0. The van der Waals surface area contributed by atoms with Gasteiger partial charge in [0.15, 0.2) is 0 Å². The summed E-state index contributed by atoms with van der Waals surface area (Å²) in [4.78, 5) is 13.4. The fourth-order valence-electron chi connectivity index (χ4n) is 1.82. The van der Waals surface area contributed by atoms with Crippen LogP contribution < -0.4 is 5.32 Å². The first-order valence-corrected chi connectivity index (χ1v) is 5.22. The number of piperidine rings is 1. The summed E-state index contributed by atoms with van der Waals surface area (Å²) in [5.41, 5.74) is 0. The number of nitrogens with zero attached hydrogens (tertiary/aromatic N) is 1. The normalized spacial score (nSPS) is 23.6. The zero-order chi connectivity index (χ0) is 10.6. The Morgan fingerprint density at radius 2 is 2.29 bits per heavy atom. The van der Waals surface area contributed by atoms with Gasteiger partial charge < -0.3 is 10.1 Å². The lowest BCUT2D eigenvalue weighted by atomic mass is 10.0. The summed E-state index contributed by atoms with van der Waals surface area (Å²) in [5.74, 6) is 0. The molecule has 0 aromatic carbocycles. The second-order valence-corrected chi connectivity index (χ2v) is 4.06. The second kappa shape index (κ2) is 5.20. The molecule has 82 valence electrons. The van der Waals surface area contributed by atoms with E-state index in [1.807, 2.05) is 0 Å². The minimum Gasteiger partial charge on any atom is -0.453 e. The molecule has 0 saturated carbocycles. The summed E-state index contributed by atoms with van der Waals surface area (Å²) in [6.07, 6.45) is 1.88. The van der Waals surface area contributed by atoms with Gasteiger partial charge in [-0.3, -0.25) is 4.90 Å². The Balaban J connectivity index is 2.36. The highest BCUT2D eigenvalue weighted by Gasteiger charge is 2.22. The van der Waals surface area contributed by atoms with Crippen molar-refractivity contribution in [3.63, 3.8) is 0 Å². The van der Waals surface area contributed by atoms with E-state index in [0.717, 1.165) is 25.9 Å². The van der Waals surface area contributed by atoms with Crippen molar-refractivity contribution in [2.75, 3.05) is 20.2 Å². The van der Waals surface area contributed by atoms with E-state index >= 15 is 0 Å². The molecule has 4 heteroatoms. The summed E-state index contributed by atoms with van der Waals surface area (Å²) >= 11 is 0. The number of likely N-dealkylation sites (tertiary alicyclic amines) is 1. The monoisotopic (exact) mass is 200 g/mol. The molecule has 1 atom stereocenters. The summed E-state index contributed by atoms with van der Waals surface area (Å²) < 4.78 is 4.58. The molecule has 1 rings (SSSR count). The number of amides is 1. The molecule has 0 aromatic rings. The van der Waals surface area contributed by atoms with Crippen LogP contribution in [0.4, 0.5) is 4.79 Å². The Morgan fingerprint density at radius 1 is 1.57 bits per heavy atom. The minimum absolute atomic E-state index is 0.249. The van der Waals surface area contributed by atoms with Gasteiger partial charge in [0.1, 0.15) is 0 Å². The summed E-state index contributed by atoms with van der Waals surface area (Å²) in [6, 6.07) is 0.802. The average Bonchev–Trinajstić information content (AvgIpc) is 2.18. The average molecular weight is 200 g/mol. The van der Waals surface area contributed by atoms with Crippen LogP contribution >= 0.6 is 0 Å². The van der Waals surface area contributed by atoms with Gasteiger partial charge in [0.05, 0.1) is 7.11 Å². The number of hydrogen-bond acceptors (Lipinski definition) is 3. The van der Waals surface area contributed by atoms with Crippen LogP contribution in [0.2, 0.25) is 0 Å². The number of rotatable bonds is 2. The number of methoxy groups -OCH3 is 1. The highest BCUT2D eigenvalue weighted by Crippen LogP contribution is 2.12. The Hall–Kier alpha value is -0.770. The first-order chi connectivity index (χ1) is 6.63. The molecule has 0 unspecified atom stereocenters. The number of alkyl carbamates (subject to hydrolysis) is 1. The molecule has 1 aliphatic rings. The van der Waals surface area contributed by atoms with Gasteiger partial charge in [-0.15, -0.1) is 0 Å². The minimum atomic E-state index is -0.319. The van der Waals surface area contributed by atoms with E-state index in [0.29, 0.717) is 6.04 Å². The van der Waals surface area contributed by atoms with Crippen molar-refractivity contribution in [2.24, 2.45) is 0 Å². The molecule has 1 saturated heterocycles. The van der Waals surface area contributed by atoms with Gasteiger partial charge in [-0.2, -0.15) is 0 Å². The summed E-state index contributed by atoms with van der Waals surface area (Å²) in [5, 5.41) is 2.85. The fourth-order valence-corrected chi connectivity index (χ4v) is 1.82. The van der Waals surface area contributed by atoms with Crippen LogP contribution in [0.5, 0.6) is 0 Å². The molecule has 1 heterocycles. The number of hydrogen-bond donors (Lipinski definition) is 1. The SMILES string of the molecule is COC(=O)N[C@H]1CCCN(C(C)C)C1. The van der Waals surface area contributed by atoms with Crippen LogP contribution in [-0.4, -0.2) is 43.3 Å². The van der Waals surface area contributed by atoms with Crippen molar-refractivity contribution in [2.45, 2.75) is 38.8 Å². The van der Waals surface area contributed by atoms with E-state index < -0.39 is 0 Å². The Bertz CT molecular complexity index is 195. The summed E-state index contributed by atoms with van der Waals surface area (Å²) in [7, 11) is 1.40. The highest BCUT2D eigenvalue weighted by molar-refractivity contribution is 5.67. The Morgan fingerprint density at radius 3 is 2.86 bits per heavy atom. The number of nitrogens with one attached hydrogen (secondary N) is 1. The number of ether oxygens (including phenoxy) is 1. The van der Waals surface area contributed by atoms with Crippen molar-refractivity contribution in [3.8, 4) is 0 Å². The van der Waals surface area contributed by atoms with E-state index in [4.69, 9.17) is 0 Å². The van der Waals surface area contributed by atoms with E-state index in [9.17, 15) is 4.79 Å². The third-order valence-electron chi connectivity index (χ3n) is 2.69. The zero-order valence-corrected chi connectivity index (χ0v) is 9.25. The largest absolute Gasteiger partial charge is 0.453 e. The summed E-state index contributed by atoms with van der Waals surface area (Å²) in [6.45, 7) is 6.44. The van der Waals surface area contributed by atoms with Crippen LogP contribution in [0.25, 0.3) is 0 Å². The van der Waals surface area contributed by atoms with Crippen molar-refractivity contribution < 1.29 is 9.53 Å². The van der Waals surface area contributed by atoms with Gasteiger partial charge in [-0.05, 0) is 33.2 Å². The van der Waals surface area contributed by atoms with Gasteiger partial charge >= 0.3 is 6.09 Å². The first-order valence-electron chi connectivity index (χ1n) is 5.22. The van der Waals surface area contributed by atoms with Crippen molar-refractivity contribution in [1.29, 1.82) is 0 Å². The molecule has 0 aliphatic carbocycles. The number of carbonyl (C=O) groups is 1. The van der Waals surface area contributed by atoms with Crippen LogP contribution in [0.15, 0.2) is 0 Å². The van der Waals surface area contributed by atoms with E-state index in [2.05, 4.69) is 28.8 Å². The van der Waals surface area contributed by atoms with E-state index in [1.165, 1.54) is 7.11 Å². The molecule has 0 aromatic heterocycles. The fraction of sp³-hybridized carbons (Fsp3) is 0.900. The molecule has 14 heavy (non-hydrogen) atoms. The van der Waals surface area contributed by atoms with Gasteiger partial charge in [0, 0.05) is 18.6 Å². The smallest absolute Gasteiger partial charge is 0.407 e. The zero-order valence-electron chi connectivity index (χ0n) is 9.25. The predicted molar refractivity (Wildman–Crippen MR) is 55.3 cm³/mol. The lowest BCUT2D eigenvalue weighted by Gasteiger charge is -2.35. The molecule has 0 radical (unpaired) electrons. The second-order valence-electron chi connectivity index (χ2n) is 4.06. The van der Waals surface area contributed by atoms with E-state index in [-0.39, 0.29) is 12.1 Å². The molecule has 0 spiro atoms. The van der Waals surface area contributed by atoms with Crippen molar-refractivity contribution in [1.82, 2.24) is 10.2 Å². The topological polar surface area (TPSA) is 41.6 Å². The quantitative estimate of drug-likeness (QED) is 0.728. The Labute approximate surface area is 85.6 Å². The Kier molecular flexibility index (Phi) is 4.20. The molecule has 1 amide bonds. The highest BCUT2D eigenvalue weighted by atomic mass is 16.5. The van der Waals surface area contributed by atoms with Gasteiger partial charge in [0.2, 0.25) is 0 Å². The number of carbonyl (C=O) groups excluding carboxylic acids is 1. The third-order valence-corrected chi connectivity index (χ3v) is 2.69. The standard InChI is InChI=1S/C10H20N2O2/c1-8(2)12-6-4-5-9(7-12)11-10(13)14-3/h8-9H,4-7H2,1-3H3,(H,11,13)/t9-/m0/s1. The van der Waals surface area contributed by atoms with Crippen molar-refractivity contribution >= 4 is 6.09 Å². The maximum absolute atomic E-state index is 11.0. The van der Waals surface area contributed by atoms with Gasteiger partial charge in [-0.25, -0.2) is 4.79 Å². The lowest BCUT2D eigenvalue weighted by Crippen LogP contribution is -2.49. The molecular weight excluding hydrogens is 180 g/mol. The molecule has 0 bridgehead atoms. The molecule has 1 fully saturated rings. The molecule has 1 N–H and O–H groups in total. The van der Waals surface area contributed by atoms with Crippen molar-refractivity contribution in [3.05, 3.63) is 0 Å². The molecule has 1 aliphatic heterocycles. The predicted octanol–water partition coefficient (Wildman–Crippen LogP) is 1.22. The first kappa shape index (κ1) is 11.3. The van der Waals surface area contributed by atoms with Crippen LogP contribution in [-0.2, 0) is 4.74 Å². The third kappa shape index (κ3) is 3.18. The van der Waals surface area contributed by atoms with Crippen LogP contribution in [0, 0.1) is 0 Å².